The van der Waals surface area contributed by atoms with Crippen LogP contribution in [0.1, 0.15) is 12.8 Å². The summed E-state index contributed by atoms with van der Waals surface area (Å²) in [6.45, 7) is 1.09. The average Bonchev–Trinajstić information content (AvgIpc) is 3.19. The van der Waals surface area contributed by atoms with Gasteiger partial charge in [0.15, 0.2) is 0 Å². The Morgan fingerprint density at radius 1 is 0.679 bits per heavy atom. The van der Waals surface area contributed by atoms with Gasteiger partial charge in [-0.1, -0.05) is 12.1 Å². The highest BCUT2D eigenvalue weighted by Gasteiger charge is 2.44. The van der Waals surface area contributed by atoms with Gasteiger partial charge in [0.05, 0.1) is 28.3 Å². The highest BCUT2D eigenvalue weighted by atomic mass is 32.2. The second kappa shape index (κ2) is 19.7. The highest BCUT2D eigenvalue weighted by Crippen LogP contribution is 2.39. The van der Waals surface area contributed by atoms with E-state index in [1.807, 2.05) is 0 Å². The number of sulfonamides is 1. The van der Waals surface area contributed by atoms with Gasteiger partial charge >= 0.3 is 12.1 Å². The van der Waals surface area contributed by atoms with Crippen molar-refractivity contribution in [2.45, 2.75) is 34.7 Å². The third-order valence-electron chi connectivity index (χ3n) is 8.15. The number of urea groups is 2. The molecule has 24 heteroatoms. The molecule has 2 aliphatic rings. The number of nitrogens with one attached hydrogen (secondary N) is 2. The number of hydroxylamine groups is 1. The van der Waals surface area contributed by atoms with E-state index in [9.17, 15) is 37.2 Å². The van der Waals surface area contributed by atoms with Crippen molar-refractivity contribution < 1.29 is 56.0 Å². The molecule has 2 aromatic carbocycles. The average molecular weight is 821 g/mol. The zero-order valence-electron chi connectivity index (χ0n) is 31.2. The largest absolute Gasteiger partial charge is 0.385 e. The van der Waals surface area contributed by atoms with Gasteiger partial charge in [-0.05, 0) is 42.7 Å². The minimum atomic E-state index is -4.31. The highest BCUT2D eigenvalue weighted by molar-refractivity contribution is 7.94. The van der Waals surface area contributed by atoms with Crippen molar-refractivity contribution >= 4 is 69.1 Å². The molecule has 2 aliphatic heterocycles. The zero-order chi connectivity index (χ0) is 41.2. The molecule has 0 spiro atoms. The van der Waals surface area contributed by atoms with Crippen LogP contribution in [0, 0.1) is 0 Å². The molecule has 302 valence electrons. The lowest BCUT2D eigenvalue weighted by atomic mass is 10.0. The van der Waals surface area contributed by atoms with Crippen molar-refractivity contribution in [1.82, 2.24) is 29.8 Å². The van der Waals surface area contributed by atoms with Gasteiger partial charge in [0, 0.05) is 79.2 Å². The summed E-state index contributed by atoms with van der Waals surface area (Å²) < 4.78 is 45.6. The maximum absolute atomic E-state index is 13.9. The van der Waals surface area contributed by atoms with Gasteiger partial charge in [0.1, 0.15) is 0 Å². The van der Waals surface area contributed by atoms with E-state index in [4.69, 9.17) is 18.8 Å². The zero-order valence-corrected chi connectivity index (χ0v) is 32.8. The van der Waals surface area contributed by atoms with Gasteiger partial charge in [-0.3, -0.25) is 38.8 Å². The molecular weight excluding hydrogens is 781 g/mol. The molecule has 2 saturated heterocycles. The van der Waals surface area contributed by atoms with Crippen LogP contribution < -0.4 is 10.2 Å². The van der Waals surface area contributed by atoms with Crippen molar-refractivity contribution in [2.24, 2.45) is 20.5 Å². The summed E-state index contributed by atoms with van der Waals surface area (Å²) in [5.41, 5.74) is 3.05. The first-order chi connectivity index (χ1) is 26.6. The summed E-state index contributed by atoms with van der Waals surface area (Å²) in [7, 11) is 3.50. The predicted octanol–water partition coefficient (Wildman–Crippen LogP) is 2.17. The van der Waals surface area contributed by atoms with Crippen LogP contribution in [0.25, 0.3) is 11.1 Å². The van der Waals surface area contributed by atoms with Crippen LogP contribution in [0.3, 0.4) is 0 Å². The first kappa shape index (κ1) is 43.6. The number of ether oxygens (including phenoxy) is 2. The number of carbonyl (C=O) groups excluding carboxylic acids is 6. The number of methoxy groups -OCH3 is 2. The maximum Gasteiger partial charge on any atom is 0.333 e. The second-order valence-electron chi connectivity index (χ2n) is 12.0. The number of carbonyl (C=O) groups is 6. The Balaban J connectivity index is 1.76. The van der Waals surface area contributed by atoms with Gasteiger partial charge in [0.25, 0.3) is 23.6 Å². The molecule has 0 unspecified atom stereocenters. The quantitative estimate of drug-likeness (QED) is 0.0514. The number of imide groups is 4. The van der Waals surface area contributed by atoms with Gasteiger partial charge < -0.3 is 9.47 Å². The molecule has 0 radical (unpaired) electrons. The van der Waals surface area contributed by atoms with E-state index in [0.717, 1.165) is 19.6 Å². The number of hydrogen-bond acceptors (Lipinski definition) is 18. The van der Waals surface area contributed by atoms with Crippen molar-refractivity contribution in [2.75, 3.05) is 68.7 Å². The third kappa shape index (κ3) is 10.2. The molecule has 0 atom stereocenters. The first-order valence-electron chi connectivity index (χ1n) is 16.6. The van der Waals surface area contributed by atoms with E-state index in [-0.39, 0.29) is 45.4 Å². The van der Waals surface area contributed by atoms with Crippen LogP contribution in [-0.4, -0.2) is 145 Å². The fourth-order valence-electron chi connectivity index (χ4n) is 5.01. The number of nitrogens with zero attached hydrogens (tertiary/aromatic N) is 8. The Hall–Kier alpha value is -5.08. The van der Waals surface area contributed by atoms with Crippen molar-refractivity contribution in [1.29, 1.82) is 0 Å². The molecule has 0 saturated carbocycles. The number of azo groups is 2. The first-order valence-corrected chi connectivity index (χ1v) is 18.9. The van der Waals surface area contributed by atoms with Crippen molar-refractivity contribution in [3.05, 3.63) is 36.4 Å². The van der Waals surface area contributed by atoms with E-state index in [1.54, 1.807) is 7.11 Å². The van der Waals surface area contributed by atoms with Gasteiger partial charge in [-0.2, -0.15) is 25.9 Å². The van der Waals surface area contributed by atoms with Crippen LogP contribution in [0.15, 0.2) is 66.6 Å². The molecule has 4 rings (SSSR count). The van der Waals surface area contributed by atoms with Gasteiger partial charge in [0.2, 0.25) is 22.1 Å². The number of hydrogen-bond donors (Lipinski definition) is 2. The minimum absolute atomic E-state index is 0.000334. The van der Waals surface area contributed by atoms with Crippen LogP contribution in [0.4, 0.5) is 21.0 Å². The monoisotopic (exact) mass is 820 g/mol. The van der Waals surface area contributed by atoms with E-state index >= 15 is 0 Å². The normalized spacial score (nSPS) is 16.5. The molecule has 22 nitrogen and oxygen atoms in total. The third-order valence-corrected chi connectivity index (χ3v) is 10.3. The Labute approximate surface area is 325 Å². The van der Waals surface area contributed by atoms with Crippen LogP contribution in [0.2, 0.25) is 0 Å². The molecule has 2 aromatic rings. The second-order valence-corrected chi connectivity index (χ2v) is 14.4. The number of rotatable bonds is 19. The Morgan fingerprint density at radius 3 is 1.64 bits per heavy atom. The summed E-state index contributed by atoms with van der Waals surface area (Å²) in [5.74, 6) is -3.58. The fraction of sp³-hybridized carbons (Fsp3) is 0.438. The van der Waals surface area contributed by atoms with E-state index in [1.165, 1.54) is 71.7 Å². The Bertz CT molecular complexity index is 1970. The molecule has 0 aliphatic carbocycles. The lowest BCUT2D eigenvalue weighted by Gasteiger charge is -2.30. The van der Waals surface area contributed by atoms with Crippen molar-refractivity contribution in [3.63, 3.8) is 0 Å². The van der Waals surface area contributed by atoms with E-state index < -0.39 is 57.8 Å². The molecule has 2 fully saturated rings. The molecule has 56 heavy (non-hydrogen) atoms. The summed E-state index contributed by atoms with van der Waals surface area (Å²) in [6, 6.07) is 3.38. The summed E-state index contributed by atoms with van der Waals surface area (Å²) in [6.07, 6.45) is 0.933. The number of likely N-dealkylation sites (N-methyl/N-ethyl adjacent to an activating group) is 4. The molecule has 2 N–H and O–H groups in total. The van der Waals surface area contributed by atoms with Gasteiger partial charge in [-0.25, -0.2) is 22.7 Å². The van der Waals surface area contributed by atoms with E-state index in [2.05, 4.69) is 30.7 Å². The maximum atomic E-state index is 13.9. The Kier molecular flexibility index (Phi) is 15.3. The lowest BCUT2D eigenvalue weighted by molar-refractivity contribution is -0.244. The van der Waals surface area contributed by atoms with Crippen LogP contribution in [0.5, 0.6) is 0 Å². The topological polar surface area (TPSA) is 260 Å². The summed E-state index contributed by atoms with van der Waals surface area (Å²) in [4.78, 5) is 83.0. The molecule has 8 amide bonds. The smallest absolute Gasteiger partial charge is 0.333 e. The summed E-state index contributed by atoms with van der Waals surface area (Å²) >= 11 is 0.663. The Morgan fingerprint density at radius 2 is 1.14 bits per heavy atom. The van der Waals surface area contributed by atoms with E-state index in [0.29, 0.717) is 38.0 Å². The van der Waals surface area contributed by atoms with Crippen molar-refractivity contribution in [3.8, 4) is 11.1 Å². The number of barbiturate groups is 2. The standard InChI is InChI=1S/C32H40N10O12S2/c1-39-27(43)25(28(44)40(2)31(39)47)37-35-19-9-11-21(23(17-19)55-54-53-33-13-7-15-51-5)22-12-10-20(18-24(22)56(49,50)34-14-8-16-52-6)36-38-26-29(45)41(3)32(48)42(4)30(26)46/h9-12,17-18,25-26,33-34H,7-8,13-16H2,1-6H3. The predicted molar refractivity (Wildman–Crippen MR) is 195 cm³/mol. The SMILES string of the molecule is COCCCNOOSc1cc(N=NC2C(=O)N(C)C(=O)N(C)C2=O)ccc1-c1ccc(N=NC2C(=O)N(C)C(=O)N(C)C2=O)cc1S(=O)(=O)NCCCOC. The fourth-order valence-corrected chi connectivity index (χ4v) is 6.91. The number of benzene rings is 2. The van der Waals surface area contributed by atoms with Crippen LogP contribution >= 0.6 is 12.0 Å². The summed E-state index contributed by atoms with van der Waals surface area (Å²) in [5, 5.41) is 15.8. The molecule has 2 heterocycles. The van der Waals surface area contributed by atoms with Crippen LogP contribution in [-0.2, 0) is 48.0 Å². The minimum Gasteiger partial charge on any atom is -0.385 e. The number of amides is 8. The molecule has 0 aromatic heterocycles. The molecular formula is C32H40N10O12S2. The lowest BCUT2D eigenvalue weighted by Crippen LogP contribution is -2.58. The van der Waals surface area contributed by atoms with Gasteiger partial charge in [-0.15, -0.1) is 9.32 Å². The molecule has 0 bridgehead atoms.